The maximum absolute atomic E-state index is 13.1. The fourth-order valence-electron chi connectivity index (χ4n) is 4.38. The Balaban J connectivity index is 1.41. The molecule has 2 saturated heterocycles. The number of morpholine rings is 2. The van der Waals surface area contributed by atoms with E-state index in [1.54, 1.807) is 23.7 Å². The van der Waals surface area contributed by atoms with Crippen molar-refractivity contribution in [3.05, 3.63) is 48.3 Å². The molecule has 2 aliphatic heterocycles. The topological polar surface area (TPSA) is 120 Å². The van der Waals surface area contributed by atoms with Crippen molar-refractivity contribution in [2.75, 3.05) is 63.2 Å². The molecular weight excluding hydrogens is 478 g/mol. The van der Waals surface area contributed by atoms with Crippen LogP contribution in [0.2, 0.25) is 0 Å². The van der Waals surface area contributed by atoms with Crippen molar-refractivity contribution in [3.63, 3.8) is 0 Å². The second kappa shape index (κ2) is 9.76. The van der Waals surface area contributed by atoms with E-state index >= 15 is 0 Å². The van der Waals surface area contributed by atoms with E-state index in [1.807, 2.05) is 29.2 Å². The predicted octanol–water partition coefficient (Wildman–Crippen LogP) is 2.71. The third-order valence-corrected chi connectivity index (χ3v) is 7.46. The molecule has 5 heterocycles. The van der Waals surface area contributed by atoms with Gasteiger partial charge in [0.25, 0.3) is 5.91 Å². The molecule has 0 aliphatic carbocycles. The monoisotopic (exact) mass is 503 g/mol. The normalized spacial score (nSPS) is 16.4. The number of thiophene rings is 1. The van der Waals surface area contributed by atoms with Crippen LogP contribution >= 0.6 is 11.3 Å². The van der Waals surface area contributed by atoms with Crippen LogP contribution in [0.25, 0.3) is 32.0 Å². The van der Waals surface area contributed by atoms with E-state index < -0.39 is 0 Å². The van der Waals surface area contributed by atoms with E-state index in [4.69, 9.17) is 25.2 Å². The zero-order chi connectivity index (χ0) is 24.5. The lowest BCUT2D eigenvalue weighted by atomic mass is 10.1. The van der Waals surface area contributed by atoms with E-state index in [1.165, 1.54) is 0 Å². The molecule has 1 amide bonds. The Kier molecular flexibility index (Phi) is 6.18. The number of ether oxygens (including phenoxy) is 2. The second-order valence-corrected chi connectivity index (χ2v) is 9.66. The zero-order valence-electron chi connectivity index (χ0n) is 19.6. The van der Waals surface area contributed by atoms with Crippen molar-refractivity contribution in [3.8, 4) is 21.8 Å². The summed E-state index contributed by atoms with van der Waals surface area (Å²) in [5.74, 6) is 1.65. The summed E-state index contributed by atoms with van der Waals surface area (Å²) in [6.07, 6.45) is 3.28. The van der Waals surface area contributed by atoms with Gasteiger partial charge in [-0.2, -0.15) is 0 Å². The number of nitrogens with zero attached hydrogens (tertiary/aromatic N) is 6. The molecule has 0 saturated carbocycles. The maximum atomic E-state index is 13.1. The van der Waals surface area contributed by atoms with Gasteiger partial charge in [-0.3, -0.25) is 4.79 Å². The average molecular weight is 504 g/mol. The van der Waals surface area contributed by atoms with E-state index in [0.29, 0.717) is 56.5 Å². The van der Waals surface area contributed by atoms with Crippen LogP contribution < -0.4 is 10.6 Å². The van der Waals surface area contributed by atoms with E-state index in [0.717, 1.165) is 39.6 Å². The van der Waals surface area contributed by atoms with Crippen molar-refractivity contribution >= 4 is 39.2 Å². The van der Waals surface area contributed by atoms with Crippen LogP contribution in [0.3, 0.4) is 0 Å². The summed E-state index contributed by atoms with van der Waals surface area (Å²) in [6.45, 7) is 5.18. The van der Waals surface area contributed by atoms with Gasteiger partial charge in [-0.1, -0.05) is 12.1 Å². The van der Waals surface area contributed by atoms with Crippen molar-refractivity contribution in [1.82, 2.24) is 24.8 Å². The Morgan fingerprint density at radius 3 is 2.39 bits per heavy atom. The highest BCUT2D eigenvalue weighted by molar-refractivity contribution is 7.22. The van der Waals surface area contributed by atoms with Gasteiger partial charge < -0.3 is 25.0 Å². The van der Waals surface area contributed by atoms with Crippen molar-refractivity contribution in [2.45, 2.75) is 0 Å². The van der Waals surface area contributed by atoms with Crippen molar-refractivity contribution in [1.29, 1.82) is 0 Å². The van der Waals surface area contributed by atoms with Crippen molar-refractivity contribution in [2.24, 2.45) is 0 Å². The highest BCUT2D eigenvalue weighted by atomic mass is 32.1. The van der Waals surface area contributed by atoms with Crippen LogP contribution in [0.5, 0.6) is 0 Å². The van der Waals surface area contributed by atoms with Crippen LogP contribution in [-0.2, 0) is 9.47 Å². The van der Waals surface area contributed by atoms with Crippen molar-refractivity contribution < 1.29 is 14.3 Å². The summed E-state index contributed by atoms with van der Waals surface area (Å²) in [7, 11) is 0. The minimum absolute atomic E-state index is 0.0284. The number of carbonyl (C=O) groups is 1. The molecule has 184 valence electrons. The van der Waals surface area contributed by atoms with Gasteiger partial charge in [-0.25, -0.2) is 19.9 Å². The van der Waals surface area contributed by atoms with Gasteiger partial charge in [0.15, 0.2) is 11.6 Å². The summed E-state index contributed by atoms with van der Waals surface area (Å²) < 4.78 is 11.9. The van der Waals surface area contributed by atoms with Crippen LogP contribution in [-0.4, -0.2) is 83.3 Å². The second-order valence-electron chi connectivity index (χ2n) is 8.61. The predicted molar refractivity (Wildman–Crippen MR) is 138 cm³/mol. The quantitative estimate of drug-likeness (QED) is 0.448. The fourth-order valence-corrected chi connectivity index (χ4v) is 5.49. The molecule has 2 N–H and O–H groups in total. The summed E-state index contributed by atoms with van der Waals surface area (Å²) in [5.41, 5.74) is 8.86. The molecule has 4 aromatic rings. The highest BCUT2D eigenvalue weighted by Gasteiger charge is 2.22. The zero-order valence-corrected chi connectivity index (χ0v) is 20.4. The number of hydrogen-bond donors (Lipinski definition) is 1. The lowest BCUT2D eigenvalue weighted by Gasteiger charge is -2.28. The van der Waals surface area contributed by atoms with Gasteiger partial charge in [0.1, 0.15) is 0 Å². The smallest absolute Gasteiger partial charge is 0.254 e. The van der Waals surface area contributed by atoms with Crippen LogP contribution in [0.1, 0.15) is 10.4 Å². The third kappa shape index (κ3) is 4.48. The first-order valence-corrected chi connectivity index (χ1v) is 12.7. The Morgan fingerprint density at radius 1 is 0.917 bits per heavy atom. The third-order valence-electron chi connectivity index (χ3n) is 6.29. The van der Waals surface area contributed by atoms with Gasteiger partial charge >= 0.3 is 0 Å². The largest absolute Gasteiger partial charge is 0.378 e. The van der Waals surface area contributed by atoms with Gasteiger partial charge in [0.05, 0.1) is 42.2 Å². The molecule has 0 spiro atoms. The van der Waals surface area contributed by atoms with Crippen LogP contribution in [0, 0.1) is 0 Å². The molecule has 11 heteroatoms. The molecule has 3 aromatic heterocycles. The molecule has 36 heavy (non-hydrogen) atoms. The minimum Gasteiger partial charge on any atom is -0.378 e. The highest BCUT2D eigenvalue weighted by Crippen LogP contribution is 2.39. The lowest BCUT2D eigenvalue weighted by molar-refractivity contribution is 0.0303. The number of benzene rings is 1. The lowest BCUT2D eigenvalue weighted by Crippen LogP contribution is -2.40. The average Bonchev–Trinajstić information content (AvgIpc) is 3.38. The molecule has 2 fully saturated rings. The Hall–Kier alpha value is -3.67. The number of rotatable bonds is 4. The Bertz CT molecular complexity index is 1400. The van der Waals surface area contributed by atoms with Gasteiger partial charge in [0.2, 0.25) is 5.95 Å². The van der Waals surface area contributed by atoms with Gasteiger partial charge in [-0.05, 0) is 23.8 Å². The maximum Gasteiger partial charge on any atom is 0.254 e. The molecule has 0 bridgehead atoms. The van der Waals surface area contributed by atoms with E-state index in [2.05, 4.69) is 20.9 Å². The Labute approximate surface area is 211 Å². The number of anilines is 2. The van der Waals surface area contributed by atoms with E-state index in [-0.39, 0.29) is 11.9 Å². The number of fused-ring (bicyclic) bond motifs is 1. The number of amides is 1. The first-order valence-electron chi connectivity index (χ1n) is 11.9. The minimum atomic E-state index is 0.0284. The molecule has 0 atom stereocenters. The summed E-state index contributed by atoms with van der Waals surface area (Å²) in [6, 6.07) is 9.84. The number of carbonyl (C=O) groups excluding carboxylic acids is 1. The number of hydrogen-bond acceptors (Lipinski definition) is 10. The first-order chi connectivity index (χ1) is 17.7. The summed E-state index contributed by atoms with van der Waals surface area (Å²) in [4.78, 5) is 36.1. The number of aromatic nitrogens is 4. The molecule has 0 radical (unpaired) electrons. The fraction of sp³-hybridized carbons (Fsp3) is 0.320. The van der Waals surface area contributed by atoms with E-state index in [9.17, 15) is 4.79 Å². The number of nitrogen functional groups attached to an aromatic ring is 1. The first kappa shape index (κ1) is 22.8. The molecule has 6 rings (SSSR count). The van der Waals surface area contributed by atoms with Gasteiger partial charge in [0, 0.05) is 49.0 Å². The molecule has 0 unspecified atom stereocenters. The molecule has 10 nitrogen and oxygen atoms in total. The van der Waals surface area contributed by atoms with Crippen LogP contribution in [0.15, 0.2) is 42.7 Å². The Morgan fingerprint density at radius 2 is 1.64 bits per heavy atom. The summed E-state index contributed by atoms with van der Waals surface area (Å²) >= 11 is 1.63. The molecule has 2 aliphatic rings. The SMILES string of the molecule is Nc1ncc(-c2nc(N3CCOCC3)c3sc(-c4cccc(C(=O)N5CCOCC5)c4)cc3n2)cn1. The number of nitrogens with two attached hydrogens (primary N) is 1. The summed E-state index contributed by atoms with van der Waals surface area (Å²) in [5, 5.41) is 0. The molecule has 1 aromatic carbocycles. The molecular formula is C25H25N7O3S. The standard InChI is InChI=1S/C25H25N7O3S/c26-25-27-14-18(15-28-25)22-29-19-13-20(36-21(19)23(30-22)31-4-8-34-9-5-31)16-2-1-3-17(12-16)24(33)32-6-10-35-11-7-32/h1-3,12-15H,4-11H2,(H2,26,27,28). The van der Waals surface area contributed by atoms with Gasteiger partial charge in [-0.15, -0.1) is 11.3 Å². The van der Waals surface area contributed by atoms with Crippen LogP contribution in [0.4, 0.5) is 11.8 Å².